The van der Waals surface area contributed by atoms with E-state index in [1.54, 1.807) is 17.4 Å². The molecule has 0 spiro atoms. The van der Waals surface area contributed by atoms with Crippen LogP contribution in [-0.4, -0.2) is 18.6 Å². The van der Waals surface area contributed by atoms with Crippen LogP contribution in [0.3, 0.4) is 0 Å². The van der Waals surface area contributed by atoms with E-state index in [1.807, 2.05) is 24.9 Å². The van der Waals surface area contributed by atoms with E-state index >= 15 is 0 Å². The van der Waals surface area contributed by atoms with Gasteiger partial charge in [0.05, 0.1) is 5.69 Å². The number of anilines is 2. The van der Waals surface area contributed by atoms with Gasteiger partial charge in [-0.25, -0.2) is 9.37 Å². The summed E-state index contributed by atoms with van der Waals surface area (Å²) in [6.07, 6.45) is 0. The summed E-state index contributed by atoms with van der Waals surface area (Å²) in [7, 11) is 1.91. The lowest BCUT2D eigenvalue weighted by atomic mass is 10.3. The third kappa shape index (κ3) is 3.30. The molecule has 0 saturated carbocycles. The smallest absolute Gasteiger partial charge is 0.190 e. The van der Waals surface area contributed by atoms with Crippen LogP contribution in [0.25, 0.3) is 0 Å². The summed E-state index contributed by atoms with van der Waals surface area (Å²) in [5, 5.41) is 4.18. The Balaban J connectivity index is 2.22. The summed E-state index contributed by atoms with van der Waals surface area (Å²) in [6, 6.07) is 6.55. The molecule has 0 fully saturated rings. The molecule has 0 unspecified atom stereocenters. The van der Waals surface area contributed by atoms with Gasteiger partial charge in [0.15, 0.2) is 5.13 Å². The quantitative estimate of drug-likeness (QED) is 0.908. The van der Waals surface area contributed by atoms with Crippen LogP contribution in [0.1, 0.15) is 17.5 Å². The van der Waals surface area contributed by atoms with Crippen molar-refractivity contribution >= 4 is 22.2 Å². The number of aromatic nitrogens is 1. The van der Waals surface area contributed by atoms with Gasteiger partial charge >= 0.3 is 0 Å². The summed E-state index contributed by atoms with van der Waals surface area (Å²) in [4.78, 5) is 7.69. The van der Waals surface area contributed by atoms with E-state index in [2.05, 4.69) is 17.2 Å². The predicted molar refractivity (Wildman–Crippen MR) is 78.7 cm³/mol. The number of hydrogen-bond donors (Lipinski definition) is 1. The maximum absolute atomic E-state index is 13.2. The number of halogens is 1. The number of hydrogen-bond acceptors (Lipinski definition) is 4. The predicted octanol–water partition coefficient (Wildman–Crippen LogP) is 3.47. The van der Waals surface area contributed by atoms with Crippen LogP contribution in [-0.2, 0) is 6.54 Å². The Morgan fingerprint density at radius 3 is 2.89 bits per heavy atom. The van der Waals surface area contributed by atoms with Crippen molar-refractivity contribution in [2.24, 2.45) is 0 Å². The molecule has 0 aliphatic rings. The fourth-order valence-corrected chi connectivity index (χ4v) is 2.77. The summed E-state index contributed by atoms with van der Waals surface area (Å²) in [5.74, 6) is -0.231. The van der Waals surface area contributed by atoms with Gasteiger partial charge in [0, 0.05) is 24.2 Å². The Hall–Kier alpha value is -1.46. The van der Waals surface area contributed by atoms with Crippen molar-refractivity contribution in [1.29, 1.82) is 0 Å². The van der Waals surface area contributed by atoms with Crippen molar-refractivity contribution in [2.75, 3.05) is 18.5 Å². The van der Waals surface area contributed by atoms with Gasteiger partial charge in [0.1, 0.15) is 5.82 Å². The Kier molecular flexibility index (Phi) is 4.50. The van der Waals surface area contributed by atoms with E-state index < -0.39 is 0 Å². The van der Waals surface area contributed by atoms with Crippen molar-refractivity contribution in [1.82, 2.24) is 10.3 Å². The third-order valence-electron chi connectivity index (χ3n) is 2.90. The molecular weight excluding hydrogens is 261 g/mol. The van der Waals surface area contributed by atoms with Gasteiger partial charge in [-0.05, 0) is 31.7 Å². The minimum absolute atomic E-state index is 0.231. The van der Waals surface area contributed by atoms with E-state index in [9.17, 15) is 4.39 Å². The lowest BCUT2D eigenvalue weighted by Crippen LogP contribution is -2.11. The minimum Gasteiger partial charge on any atom is -0.321 e. The van der Waals surface area contributed by atoms with Crippen molar-refractivity contribution in [3.63, 3.8) is 0 Å². The molecule has 1 N–H and O–H groups in total. The molecule has 0 aliphatic heterocycles. The first-order valence-electron chi connectivity index (χ1n) is 6.28. The zero-order chi connectivity index (χ0) is 13.8. The van der Waals surface area contributed by atoms with Gasteiger partial charge in [-0.2, -0.15) is 0 Å². The zero-order valence-corrected chi connectivity index (χ0v) is 12.2. The standard InChI is InChI=1S/C14H18FN3S/c1-4-16-9-13-10(2)17-14(19-13)18(3)12-7-5-6-11(15)8-12/h5-8,16H,4,9H2,1-3H3. The van der Waals surface area contributed by atoms with E-state index in [4.69, 9.17) is 0 Å². The second-order valence-corrected chi connectivity index (χ2v) is 5.39. The molecule has 1 aromatic heterocycles. The van der Waals surface area contributed by atoms with Crippen molar-refractivity contribution < 1.29 is 4.39 Å². The molecule has 0 saturated heterocycles. The molecule has 3 nitrogen and oxygen atoms in total. The van der Waals surface area contributed by atoms with Gasteiger partial charge in [-0.3, -0.25) is 0 Å². The second-order valence-electron chi connectivity index (χ2n) is 4.32. The topological polar surface area (TPSA) is 28.2 Å². The monoisotopic (exact) mass is 279 g/mol. The fourth-order valence-electron chi connectivity index (χ4n) is 1.75. The lowest BCUT2D eigenvalue weighted by Gasteiger charge is -2.15. The number of benzene rings is 1. The Morgan fingerprint density at radius 1 is 1.42 bits per heavy atom. The fraction of sp³-hybridized carbons (Fsp3) is 0.357. The molecule has 102 valence electrons. The highest BCUT2D eigenvalue weighted by Gasteiger charge is 2.12. The summed E-state index contributed by atoms with van der Waals surface area (Å²) in [6.45, 7) is 5.85. The zero-order valence-electron chi connectivity index (χ0n) is 11.4. The molecule has 19 heavy (non-hydrogen) atoms. The highest BCUT2D eigenvalue weighted by atomic mass is 32.1. The van der Waals surface area contributed by atoms with Gasteiger partial charge in [-0.1, -0.05) is 24.3 Å². The first-order valence-corrected chi connectivity index (χ1v) is 7.09. The molecule has 0 amide bonds. The normalized spacial score (nSPS) is 10.7. The first kappa shape index (κ1) is 14.0. The van der Waals surface area contributed by atoms with Crippen LogP contribution in [0.5, 0.6) is 0 Å². The highest BCUT2D eigenvalue weighted by Crippen LogP contribution is 2.30. The maximum Gasteiger partial charge on any atom is 0.190 e. The van der Waals surface area contributed by atoms with E-state index in [0.29, 0.717) is 0 Å². The van der Waals surface area contributed by atoms with Gasteiger partial charge < -0.3 is 10.2 Å². The van der Waals surface area contributed by atoms with Crippen molar-refractivity contribution in [2.45, 2.75) is 20.4 Å². The van der Waals surface area contributed by atoms with E-state index in [1.165, 1.54) is 17.0 Å². The minimum atomic E-state index is -0.231. The number of rotatable bonds is 5. The van der Waals surface area contributed by atoms with Crippen molar-refractivity contribution in [3.05, 3.63) is 40.7 Å². The second kappa shape index (κ2) is 6.12. The summed E-state index contributed by atoms with van der Waals surface area (Å²) >= 11 is 1.64. The van der Waals surface area contributed by atoms with Crippen LogP contribution >= 0.6 is 11.3 Å². The van der Waals surface area contributed by atoms with Crippen LogP contribution in [0.2, 0.25) is 0 Å². The molecule has 1 heterocycles. The molecule has 2 aromatic rings. The first-order chi connectivity index (χ1) is 9.11. The van der Waals surface area contributed by atoms with Crippen molar-refractivity contribution in [3.8, 4) is 0 Å². The molecular formula is C14H18FN3S. The largest absolute Gasteiger partial charge is 0.321 e. The third-order valence-corrected chi connectivity index (χ3v) is 4.13. The van der Waals surface area contributed by atoms with Crippen LogP contribution in [0.4, 0.5) is 15.2 Å². The average Bonchev–Trinajstić information content (AvgIpc) is 2.77. The number of thiazole rings is 1. The average molecular weight is 279 g/mol. The Bertz CT molecular complexity index is 553. The van der Waals surface area contributed by atoms with E-state index in [0.717, 1.165) is 29.6 Å². The number of nitrogens with zero attached hydrogens (tertiary/aromatic N) is 2. The number of aryl methyl sites for hydroxylation is 1. The van der Waals surface area contributed by atoms with Gasteiger partial charge in [0.25, 0.3) is 0 Å². The summed E-state index contributed by atoms with van der Waals surface area (Å²) in [5.41, 5.74) is 1.84. The molecule has 0 atom stereocenters. The Labute approximate surface area is 117 Å². The van der Waals surface area contributed by atoms with E-state index in [-0.39, 0.29) is 5.82 Å². The van der Waals surface area contributed by atoms with Crippen LogP contribution in [0.15, 0.2) is 24.3 Å². The maximum atomic E-state index is 13.2. The molecule has 2 rings (SSSR count). The molecule has 1 aromatic carbocycles. The SMILES string of the molecule is CCNCc1sc(N(C)c2cccc(F)c2)nc1C. The molecule has 0 aliphatic carbocycles. The van der Waals surface area contributed by atoms with Crippen LogP contribution in [0, 0.1) is 12.7 Å². The Morgan fingerprint density at radius 2 is 2.21 bits per heavy atom. The van der Waals surface area contributed by atoms with Crippen LogP contribution < -0.4 is 10.2 Å². The molecule has 5 heteroatoms. The highest BCUT2D eigenvalue weighted by molar-refractivity contribution is 7.15. The summed E-state index contributed by atoms with van der Waals surface area (Å²) < 4.78 is 13.2. The lowest BCUT2D eigenvalue weighted by molar-refractivity contribution is 0.628. The molecule has 0 bridgehead atoms. The molecule has 0 radical (unpaired) electrons. The number of nitrogens with one attached hydrogen (secondary N) is 1. The van der Waals surface area contributed by atoms with Gasteiger partial charge in [-0.15, -0.1) is 0 Å². The van der Waals surface area contributed by atoms with Gasteiger partial charge in [0.2, 0.25) is 0 Å².